The van der Waals surface area contributed by atoms with Crippen molar-refractivity contribution in [2.45, 2.75) is 18.9 Å². The van der Waals surface area contributed by atoms with Crippen LogP contribution in [0.25, 0.3) is 22.3 Å². The van der Waals surface area contributed by atoms with Gasteiger partial charge in [0.1, 0.15) is 5.75 Å². The molecular formula is C14H13N5O. The number of nitrogens with zero attached hydrogens (tertiary/aromatic N) is 3. The third kappa shape index (κ3) is 1.95. The number of hydrogen-bond acceptors (Lipinski definition) is 5. The van der Waals surface area contributed by atoms with Crippen LogP contribution in [0.15, 0.2) is 30.5 Å². The van der Waals surface area contributed by atoms with E-state index in [0.29, 0.717) is 11.8 Å². The van der Waals surface area contributed by atoms with Gasteiger partial charge >= 0.3 is 0 Å². The Balaban J connectivity index is 1.83. The summed E-state index contributed by atoms with van der Waals surface area (Å²) in [6, 6.07) is 7.87. The van der Waals surface area contributed by atoms with Crippen LogP contribution in [0.3, 0.4) is 0 Å². The number of anilines is 1. The molecule has 0 bridgehead atoms. The van der Waals surface area contributed by atoms with E-state index in [0.717, 1.165) is 35.2 Å². The highest BCUT2D eigenvalue weighted by Gasteiger charge is 2.23. The highest BCUT2D eigenvalue weighted by atomic mass is 16.5. The Morgan fingerprint density at radius 1 is 1.25 bits per heavy atom. The highest BCUT2D eigenvalue weighted by molar-refractivity contribution is 5.90. The second-order valence-electron chi connectivity index (χ2n) is 4.91. The molecule has 6 nitrogen and oxygen atoms in total. The first kappa shape index (κ1) is 11.2. The smallest absolute Gasteiger partial charge is 0.222 e. The van der Waals surface area contributed by atoms with Crippen LogP contribution in [0.5, 0.6) is 5.75 Å². The largest absolute Gasteiger partial charge is 0.490 e. The Kier molecular flexibility index (Phi) is 2.35. The molecule has 1 fully saturated rings. The van der Waals surface area contributed by atoms with Gasteiger partial charge in [0.25, 0.3) is 0 Å². The predicted octanol–water partition coefficient (Wildman–Crippen LogP) is 2.14. The molecule has 0 saturated heterocycles. The van der Waals surface area contributed by atoms with Crippen molar-refractivity contribution in [2.75, 3.05) is 5.73 Å². The van der Waals surface area contributed by atoms with Gasteiger partial charge < -0.3 is 10.5 Å². The van der Waals surface area contributed by atoms with Crippen molar-refractivity contribution in [2.24, 2.45) is 0 Å². The lowest BCUT2D eigenvalue weighted by Crippen LogP contribution is -1.98. The monoisotopic (exact) mass is 267 g/mol. The molecule has 20 heavy (non-hydrogen) atoms. The van der Waals surface area contributed by atoms with Crippen molar-refractivity contribution >= 4 is 17.0 Å². The van der Waals surface area contributed by atoms with Crippen molar-refractivity contribution in [1.82, 2.24) is 20.2 Å². The molecule has 1 aliphatic carbocycles. The van der Waals surface area contributed by atoms with Crippen molar-refractivity contribution in [3.63, 3.8) is 0 Å². The summed E-state index contributed by atoms with van der Waals surface area (Å²) in [5.74, 6) is 1.09. The zero-order valence-electron chi connectivity index (χ0n) is 10.7. The van der Waals surface area contributed by atoms with E-state index < -0.39 is 0 Å². The molecule has 0 atom stereocenters. The number of benzene rings is 1. The summed E-state index contributed by atoms with van der Waals surface area (Å²) >= 11 is 0. The second kappa shape index (κ2) is 4.19. The average molecular weight is 267 g/mol. The zero-order chi connectivity index (χ0) is 13.5. The first-order valence-electron chi connectivity index (χ1n) is 6.53. The maximum absolute atomic E-state index is 5.81. The van der Waals surface area contributed by atoms with Crippen LogP contribution in [0, 0.1) is 0 Å². The van der Waals surface area contributed by atoms with Gasteiger partial charge in [-0.25, -0.2) is 4.98 Å². The molecule has 100 valence electrons. The molecule has 0 amide bonds. The van der Waals surface area contributed by atoms with Gasteiger partial charge in [-0.3, -0.25) is 5.10 Å². The van der Waals surface area contributed by atoms with Crippen LogP contribution in [-0.2, 0) is 0 Å². The molecule has 6 heteroatoms. The van der Waals surface area contributed by atoms with Gasteiger partial charge in [-0.1, -0.05) is 12.1 Å². The predicted molar refractivity (Wildman–Crippen MR) is 75.2 cm³/mol. The summed E-state index contributed by atoms with van der Waals surface area (Å²) < 4.78 is 5.81. The van der Waals surface area contributed by atoms with Crippen LogP contribution in [0.2, 0.25) is 0 Å². The number of nitrogen functional groups attached to an aromatic ring is 1. The third-order valence-corrected chi connectivity index (χ3v) is 3.26. The number of rotatable bonds is 3. The number of aromatic nitrogens is 4. The van der Waals surface area contributed by atoms with E-state index in [2.05, 4.69) is 20.2 Å². The van der Waals surface area contributed by atoms with Gasteiger partial charge in [-0.2, -0.15) is 10.1 Å². The zero-order valence-corrected chi connectivity index (χ0v) is 10.7. The van der Waals surface area contributed by atoms with E-state index >= 15 is 0 Å². The third-order valence-electron chi connectivity index (χ3n) is 3.26. The van der Waals surface area contributed by atoms with Crippen LogP contribution < -0.4 is 10.5 Å². The summed E-state index contributed by atoms with van der Waals surface area (Å²) in [5.41, 5.74) is 8.10. The Labute approximate surface area is 115 Å². The molecule has 1 aliphatic rings. The molecule has 0 spiro atoms. The maximum Gasteiger partial charge on any atom is 0.222 e. The molecule has 1 saturated carbocycles. The lowest BCUT2D eigenvalue weighted by atomic mass is 10.1. The Bertz CT molecular complexity index is 778. The van der Waals surface area contributed by atoms with Gasteiger partial charge in [0, 0.05) is 5.56 Å². The highest BCUT2D eigenvalue weighted by Crippen LogP contribution is 2.31. The fourth-order valence-electron chi connectivity index (χ4n) is 2.17. The SMILES string of the molecule is Nc1nc(-c2cccc(OC3CC3)c2)c2cn[nH]c2n1. The number of H-pyrrole nitrogens is 1. The summed E-state index contributed by atoms with van der Waals surface area (Å²) in [6.45, 7) is 0. The van der Waals surface area contributed by atoms with Crippen molar-refractivity contribution in [3.8, 4) is 17.0 Å². The molecule has 4 rings (SSSR count). The van der Waals surface area contributed by atoms with Crippen molar-refractivity contribution in [1.29, 1.82) is 0 Å². The van der Waals surface area contributed by atoms with Crippen LogP contribution in [-0.4, -0.2) is 26.3 Å². The molecule has 3 N–H and O–H groups in total. The standard InChI is InChI=1S/C14H13N5O/c15-14-17-12(11-7-16-19-13(11)18-14)8-2-1-3-10(6-8)20-9-4-5-9/h1-3,6-7,9H,4-5H2,(H3,15,16,17,18,19). The summed E-state index contributed by atoms with van der Waals surface area (Å²) in [7, 11) is 0. The number of hydrogen-bond donors (Lipinski definition) is 2. The number of nitrogens with two attached hydrogens (primary N) is 1. The molecule has 0 aliphatic heterocycles. The number of ether oxygens (including phenoxy) is 1. The van der Waals surface area contributed by atoms with E-state index in [4.69, 9.17) is 10.5 Å². The van der Waals surface area contributed by atoms with Gasteiger partial charge in [0.2, 0.25) is 5.95 Å². The fraction of sp³-hybridized carbons (Fsp3) is 0.214. The van der Waals surface area contributed by atoms with Crippen molar-refractivity contribution in [3.05, 3.63) is 30.5 Å². The molecule has 1 aromatic carbocycles. The molecule has 0 unspecified atom stereocenters. The quantitative estimate of drug-likeness (QED) is 0.758. The van der Waals surface area contributed by atoms with E-state index in [1.165, 1.54) is 0 Å². The lowest BCUT2D eigenvalue weighted by molar-refractivity contribution is 0.303. The van der Waals surface area contributed by atoms with Crippen LogP contribution >= 0.6 is 0 Å². The first-order chi connectivity index (χ1) is 9.79. The topological polar surface area (TPSA) is 89.7 Å². The maximum atomic E-state index is 5.81. The Hall–Kier alpha value is -2.63. The minimum atomic E-state index is 0.227. The lowest BCUT2D eigenvalue weighted by Gasteiger charge is -2.07. The summed E-state index contributed by atoms with van der Waals surface area (Å²) in [4.78, 5) is 8.45. The number of nitrogens with one attached hydrogen (secondary N) is 1. The molecule has 2 heterocycles. The minimum absolute atomic E-state index is 0.227. The van der Waals surface area contributed by atoms with E-state index in [1.54, 1.807) is 6.20 Å². The number of aromatic amines is 1. The van der Waals surface area contributed by atoms with Crippen LogP contribution in [0.4, 0.5) is 5.95 Å². The van der Waals surface area contributed by atoms with Crippen LogP contribution in [0.1, 0.15) is 12.8 Å². The number of fused-ring (bicyclic) bond motifs is 1. The fourth-order valence-corrected chi connectivity index (χ4v) is 2.17. The molecule has 0 radical (unpaired) electrons. The van der Waals surface area contributed by atoms with Gasteiger partial charge in [-0.15, -0.1) is 0 Å². The minimum Gasteiger partial charge on any atom is -0.490 e. The van der Waals surface area contributed by atoms with Gasteiger partial charge in [-0.05, 0) is 25.0 Å². The first-order valence-corrected chi connectivity index (χ1v) is 6.53. The average Bonchev–Trinajstić information content (AvgIpc) is 3.13. The summed E-state index contributed by atoms with van der Waals surface area (Å²) in [6.07, 6.45) is 4.35. The van der Waals surface area contributed by atoms with E-state index in [1.807, 2.05) is 24.3 Å². The van der Waals surface area contributed by atoms with Gasteiger partial charge in [0.15, 0.2) is 5.65 Å². The van der Waals surface area contributed by atoms with Gasteiger partial charge in [0.05, 0.1) is 23.4 Å². The molecular weight excluding hydrogens is 254 g/mol. The molecule has 3 aromatic rings. The molecule has 2 aromatic heterocycles. The Morgan fingerprint density at radius 2 is 2.15 bits per heavy atom. The normalized spacial score (nSPS) is 14.6. The van der Waals surface area contributed by atoms with E-state index in [-0.39, 0.29) is 5.95 Å². The van der Waals surface area contributed by atoms with E-state index in [9.17, 15) is 0 Å². The second-order valence-corrected chi connectivity index (χ2v) is 4.91. The Morgan fingerprint density at radius 3 is 3.00 bits per heavy atom. The summed E-state index contributed by atoms with van der Waals surface area (Å²) in [5, 5.41) is 7.66. The van der Waals surface area contributed by atoms with Crippen molar-refractivity contribution < 1.29 is 4.74 Å².